The first-order valence-corrected chi connectivity index (χ1v) is 50.0. The summed E-state index contributed by atoms with van der Waals surface area (Å²) in [5.74, 6) is 0.174. The van der Waals surface area contributed by atoms with Crippen LogP contribution in [0.5, 0.6) is 0 Å². The molecule has 0 radical (unpaired) electrons. The van der Waals surface area contributed by atoms with Crippen molar-refractivity contribution in [3.8, 4) is 0 Å². The number of aliphatic hydroxyl groups is 2. The number of aliphatic hydroxyl groups excluding tert-OH is 2. The number of carboxylic acids is 1. The number of hydrogen-bond acceptors (Lipinski definition) is 24. The molecule has 0 bridgehead atoms. The number of aryl methyl sites for hydroxylation is 2. The van der Waals surface area contributed by atoms with Crippen LogP contribution in [0.2, 0.25) is 25.1 Å². The maximum Gasteiger partial charge on any atom is 1.00 e. The SMILES string of the molecule is C1CCOC1.C1CCOC1.C1CCOC1.CC(=O)c1cc(Cl)cnc1C(C)C.CC(C)C(=O)O.CC(C)c1ncc(Cl)cc1CCl.CC(C)c1ncc(Cl)cc1CO.CC1CCc2cc(Cl)cnc21.CCO.CCOC(=O)CC(=O)C(C)C.CCOC(=O)C[C-]=O.CN(C)/C=C(\Cl)CN(C)C.Cc1ccc(S(=O)(=O)OCc2cc(Cl)cnc2C(C)C)cc1.ClCCl.F[P-](F)(F)(F)(F)F.[H-].[K+].[Na+].[OH-]. The number of benzene rings is 1. The number of rotatable bonds is 22. The van der Waals surface area contributed by atoms with Gasteiger partial charge in [0.05, 0.1) is 73.4 Å². The molecule has 1 unspecified atom stereocenters. The number of carbonyl (C=O) groups is 5. The van der Waals surface area contributed by atoms with Gasteiger partial charge >= 0.3 is 126 Å². The van der Waals surface area contributed by atoms with Gasteiger partial charge in [-0.25, -0.2) is 0 Å². The summed E-state index contributed by atoms with van der Waals surface area (Å²) in [7, 11) is -6.56. The molecular weight excluding hydrogens is 2050 g/mol. The second-order valence-corrected chi connectivity index (χ2v) is 38.4. The minimum Gasteiger partial charge on any atom is -1.00 e. The number of hydrogen-bond donors (Lipinski definition) is 3. The van der Waals surface area contributed by atoms with Crippen molar-refractivity contribution in [1.29, 1.82) is 0 Å². The first kappa shape index (κ1) is 148. The fourth-order valence-electron chi connectivity index (χ4n) is 10.1. The number of nitrogens with zero attached hydrogens (tertiary/aromatic N) is 7. The zero-order valence-corrected chi connectivity index (χ0v) is 96.5. The van der Waals surface area contributed by atoms with E-state index in [-0.39, 0.29) is 166 Å². The summed E-state index contributed by atoms with van der Waals surface area (Å²) in [5, 5.41) is 28.6. The van der Waals surface area contributed by atoms with Crippen LogP contribution in [-0.2, 0) is 87.5 Å². The molecule has 0 amide bonds. The van der Waals surface area contributed by atoms with E-state index in [0.29, 0.717) is 68.1 Å². The molecule has 136 heavy (non-hydrogen) atoms. The van der Waals surface area contributed by atoms with Gasteiger partial charge in [-0.3, -0.25) is 59.4 Å². The molecule has 1 aliphatic carbocycles. The number of likely N-dealkylation sites (N-methyl/N-ethyl adjacent to an activating group) is 1. The van der Waals surface area contributed by atoms with Crippen molar-refractivity contribution in [2.75, 3.05) is 99.5 Å². The van der Waals surface area contributed by atoms with Crippen LogP contribution >= 0.6 is 112 Å². The van der Waals surface area contributed by atoms with Gasteiger partial charge in [0.25, 0.3) is 16.1 Å². The van der Waals surface area contributed by atoms with Gasteiger partial charge in [0.1, 0.15) is 12.2 Å². The standard InChI is InChI=1S/C16H18ClNO3S.C10H12ClNO.C9H11Cl2N.C9H12ClNO.C9H10ClN.C8H14O3.C7H15ClN2.C5H7O3.C4H8O2.3C4H8O.C2H6O.CH2Cl2.F6P.K.Na.H2O.H/c1-11(2)16-13(8-14(17)9-18-16)10-21-22(19,20)15-6-4-12(3)5-7-15;1-6(2)10-9(7(3)13)4-8(11)5-12-10;1-6(2)9-7(4-10)3-8(11)5-12-9;1-6(2)9-7(5-12)3-8(10)4-11-9;1-6-2-3-7-4-8(10)5-11-9(6)7;1-4-11-8(10)5-7(9)6(2)3;1-9(2)5-7(8)6-10(3)4;1-2-8-5(7)3-4-6;1-3(2)4(5)6;3*1-2-4-5-3-1;1-2-3;2-1-3;1-7(2,3,4,5)6;;;;/h4-9,11H,10H2,1-3H3;4-6H,1-3H3;3,5-6H,4H2,1-2H3;3-4,6,12H,5H2,1-2H3;4-6H,2-3H2,1H3;6H,4-5H2,1-3H3;5H,6H2,1-4H3;2-3H2,1H3;3H,1-2H3,(H,5,6);3*1-4H2;3H,2H2,1H3;1H2;;;;1H2;/q;;;;;;;-1;;;;;;;-1;2*+1;;-1/p-1/b;;;;;;7-5-;;;;;;;;;;;;. The van der Waals surface area contributed by atoms with Gasteiger partial charge in [0, 0.05) is 160 Å². The van der Waals surface area contributed by atoms with Crippen molar-refractivity contribution in [2.24, 2.45) is 11.8 Å². The maximum absolute atomic E-state index is 12.2. The van der Waals surface area contributed by atoms with Crippen molar-refractivity contribution >= 4 is 158 Å². The van der Waals surface area contributed by atoms with Gasteiger partial charge in [0.2, 0.25) is 0 Å². The molecule has 3 saturated heterocycles. The van der Waals surface area contributed by atoms with Gasteiger partial charge < -0.3 is 60.5 Å². The number of ketones is 2. The molecule has 5 aromatic heterocycles. The fourth-order valence-corrected chi connectivity index (χ4v) is 12.5. The van der Waals surface area contributed by atoms with Gasteiger partial charge in [-0.15, -0.1) is 34.8 Å². The zero-order chi connectivity index (χ0) is 103. The summed E-state index contributed by atoms with van der Waals surface area (Å²) in [5.41, 5.74) is 10.3. The summed E-state index contributed by atoms with van der Waals surface area (Å²) >= 11 is 50.1. The second-order valence-electron chi connectivity index (χ2n) is 31.1. The van der Waals surface area contributed by atoms with Crippen LogP contribution in [0.25, 0.3) is 0 Å². The predicted molar refractivity (Wildman–Crippen MR) is 531 cm³/mol. The maximum atomic E-state index is 12.2. The Morgan fingerprint density at radius 1 is 0.596 bits per heavy atom. The van der Waals surface area contributed by atoms with E-state index in [1.807, 2.05) is 105 Å². The van der Waals surface area contributed by atoms with E-state index in [2.05, 4.69) is 55.2 Å². The van der Waals surface area contributed by atoms with E-state index >= 15 is 0 Å². The van der Waals surface area contributed by atoms with Crippen molar-refractivity contribution in [3.05, 3.63) is 184 Å². The third-order valence-electron chi connectivity index (χ3n) is 16.3. The van der Waals surface area contributed by atoms with Crippen molar-refractivity contribution in [1.82, 2.24) is 34.7 Å². The van der Waals surface area contributed by atoms with Gasteiger partial charge in [-0.05, 0) is 183 Å². The van der Waals surface area contributed by atoms with E-state index in [9.17, 15) is 62.4 Å². The average Bonchev–Trinajstić information content (AvgIpc) is 1.41. The van der Waals surface area contributed by atoms with Gasteiger partial charge in [-0.2, -0.15) is 8.42 Å². The van der Waals surface area contributed by atoms with Crippen LogP contribution < -0.4 is 80.9 Å². The Bertz CT molecular complexity index is 4290. The molecule has 8 heterocycles. The summed E-state index contributed by atoms with van der Waals surface area (Å²) in [4.78, 5) is 87.4. The van der Waals surface area contributed by atoms with E-state index in [1.54, 1.807) is 110 Å². The topological polar surface area (TPSA) is 354 Å². The summed E-state index contributed by atoms with van der Waals surface area (Å²) in [6.07, 6.45) is 21.1. The minimum absolute atomic E-state index is 0. The van der Waals surface area contributed by atoms with Crippen LogP contribution in [0.4, 0.5) is 25.2 Å². The zero-order valence-electron chi connectivity index (χ0n) is 83.8. The number of ether oxygens (including phenoxy) is 5. The van der Waals surface area contributed by atoms with E-state index in [4.69, 9.17) is 138 Å². The second kappa shape index (κ2) is 83.0. The summed E-state index contributed by atoms with van der Waals surface area (Å²) in [6, 6.07) is 15.6. The fraction of sp³-hybridized carbons (Fsp3) is 0.576. The summed E-state index contributed by atoms with van der Waals surface area (Å²) in [6.45, 7) is 41.4. The van der Waals surface area contributed by atoms with Crippen LogP contribution in [0.15, 0.2) is 102 Å². The van der Waals surface area contributed by atoms with Crippen molar-refractivity contribution in [3.63, 3.8) is 0 Å². The van der Waals surface area contributed by atoms with E-state index in [1.165, 1.54) is 81.5 Å². The number of fused-ring (bicyclic) bond motifs is 1. The molecule has 0 spiro atoms. The van der Waals surface area contributed by atoms with Crippen LogP contribution in [0.1, 0.15) is 273 Å². The number of esters is 2. The number of aliphatic carboxylic acids is 1. The molecule has 4 aliphatic rings. The first-order chi connectivity index (χ1) is 61.7. The van der Waals surface area contributed by atoms with E-state index < -0.39 is 35.8 Å². The van der Waals surface area contributed by atoms with Gasteiger partial charge in [0.15, 0.2) is 5.78 Å². The van der Waals surface area contributed by atoms with Crippen molar-refractivity contribution in [2.45, 2.75) is 242 Å². The van der Waals surface area contributed by atoms with Crippen LogP contribution in [0.3, 0.4) is 0 Å². The van der Waals surface area contributed by atoms with Crippen LogP contribution in [-0.4, -0.2) is 199 Å². The van der Waals surface area contributed by atoms with Crippen molar-refractivity contribution < 1.29 is 193 Å². The molecule has 772 valence electrons. The number of halogens is 15. The Morgan fingerprint density at radius 2 is 0.941 bits per heavy atom. The number of alkyl halides is 3. The average molecular weight is 2190 g/mol. The number of carbonyl (C=O) groups excluding carboxylic acids is 5. The number of pyridine rings is 5. The molecule has 6 aromatic rings. The normalized spacial score (nSPS) is 13.3. The molecule has 1 aromatic carbocycles. The smallest absolute Gasteiger partial charge is 1.00 e. The quantitative estimate of drug-likeness (QED) is 0.00654. The Morgan fingerprint density at radius 3 is 1.26 bits per heavy atom. The largest absolute Gasteiger partial charge is 1.00 e. The van der Waals surface area contributed by atoms with Gasteiger partial charge in [-0.1, -0.05) is 184 Å². The molecule has 25 nitrogen and oxygen atoms in total. The Balaban J connectivity index is -0.000000187. The monoisotopic (exact) mass is 2190 g/mol. The molecule has 10 rings (SSSR count). The Labute approximate surface area is 914 Å². The van der Waals surface area contributed by atoms with E-state index in [0.717, 1.165) is 102 Å². The molecular formula is C92H141Cl9F6KN7NaO18PS-2. The Hall–Kier alpha value is -3.18. The molecule has 1 atom stereocenters. The molecule has 4 N–H and O–H groups in total. The molecule has 44 heteroatoms. The number of aromatic nitrogens is 5. The number of carboxylic acid groups (broad SMARTS) is 1. The molecule has 0 saturated carbocycles. The molecule has 3 fully saturated rings. The Kier molecular flexibility index (Phi) is 90.4. The summed E-state index contributed by atoms with van der Waals surface area (Å²) < 4.78 is 113. The molecule has 3 aliphatic heterocycles. The first-order valence-electron chi connectivity index (χ1n) is 42.7. The third-order valence-corrected chi connectivity index (χ3v) is 19.1. The predicted octanol–water partition coefficient (Wildman–Crippen LogP) is 20.1. The van der Waals surface area contributed by atoms with Crippen LogP contribution in [0, 0.1) is 18.8 Å². The minimum atomic E-state index is -10.7. The number of Topliss-reactive ketones (excluding diaryl/α,β-unsaturated/α-hetero) is 2. The third kappa shape index (κ3) is 85.2.